The largest absolute Gasteiger partial charge is 0.491 e. The van der Waals surface area contributed by atoms with E-state index < -0.39 is 17.7 Å². The van der Waals surface area contributed by atoms with Crippen LogP contribution in [0.15, 0.2) is 18.2 Å². The minimum atomic E-state index is -0.983. The molecule has 0 aromatic heterocycles. The fourth-order valence-electron chi connectivity index (χ4n) is 2.42. The summed E-state index contributed by atoms with van der Waals surface area (Å²) in [7, 11) is 0. The zero-order valence-corrected chi connectivity index (χ0v) is 15.5. The number of halogens is 2. The topological polar surface area (TPSA) is 71.0 Å². The van der Waals surface area contributed by atoms with E-state index in [1.54, 1.807) is 4.90 Å². The van der Waals surface area contributed by atoms with Gasteiger partial charge < -0.3 is 24.8 Å². The van der Waals surface area contributed by atoms with Crippen LogP contribution in [0.4, 0.5) is 13.6 Å². The predicted octanol–water partition coefficient (Wildman–Crippen LogP) is 2.03. The van der Waals surface area contributed by atoms with E-state index in [9.17, 15) is 18.7 Å². The summed E-state index contributed by atoms with van der Waals surface area (Å²) in [5.41, 5.74) is 0. The molecule has 1 aromatic carbocycles. The summed E-state index contributed by atoms with van der Waals surface area (Å²) >= 11 is 0. The Morgan fingerprint density at radius 3 is 2.69 bits per heavy atom. The normalized spacial score (nSPS) is 15.1. The molecule has 1 aliphatic heterocycles. The number of urea groups is 1. The van der Waals surface area contributed by atoms with Crippen molar-refractivity contribution in [1.29, 1.82) is 0 Å². The van der Waals surface area contributed by atoms with Crippen LogP contribution in [0.2, 0.25) is 0 Å². The number of carbonyl (C=O) groups excluding carboxylic acids is 1. The van der Waals surface area contributed by atoms with Crippen LogP contribution in [-0.4, -0.2) is 61.6 Å². The van der Waals surface area contributed by atoms with Crippen molar-refractivity contribution in [3.8, 4) is 5.75 Å². The summed E-state index contributed by atoms with van der Waals surface area (Å²) in [6.45, 7) is 2.88. The number of amides is 2. The average Bonchev–Trinajstić information content (AvgIpc) is 2.63. The van der Waals surface area contributed by atoms with E-state index in [1.807, 2.05) is 0 Å². The first-order valence-electron chi connectivity index (χ1n) is 8.42. The lowest BCUT2D eigenvalue weighted by atomic mass is 10.1. The van der Waals surface area contributed by atoms with E-state index in [1.165, 1.54) is 6.07 Å². The van der Waals surface area contributed by atoms with Gasteiger partial charge in [0.25, 0.3) is 0 Å². The summed E-state index contributed by atoms with van der Waals surface area (Å²) in [6.07, 6.45) is 1.24. The number of hydrogen-bond donors (Lipinski definition) is 2. The molecule has 2 N–H and O–H groups in total. The molecule has 0 aliphatic carbocycles. The quantitative estimate of drug-likeness (QED) is 0.664. The zero-order valence-electron chi connectivity index (χ0n) is 14.5. The van der Waals surface area contributed by atoms with Crippen LogP contribution < -0.4 is 10.1 Å². The molecule has 9 heteroatoms. The molecule has 0 bridgehead atoms. The van der Waals surface area contributed by atoms with E-state index in [0.717, 1.165) is 18.6 Å². The molecular formula is C17H26F2N2O4S. The van der Waals surface area contributed by atoms with Crippen LogP contribution in [0.3, 0.4) is 0 Å². The number of unbranched alkanes of at least 4 members (excludes halogenated alkanes) is 1. The highest BCUT2D eigenvalue weighted by Gasteiger charge is 2.15. The number of aliphatic hydroxyl groups is 1. The van der Waals surface area contributed by atoms with Crippen LogP contribution in [-0.2, 0) is 4.74 Å². The Morgan fingerprint density at radius 2 is 2.00 bits per heavy atom. The highest BCUT2D eigenvalue weighted by atomic mass is 32.1. The first kappa shape index (κ1) is 22.5. The number of nitrogens with zero attached hydrogens (tertiary/aromatic N) is 1. The summed E-state index contributed by atoms with van der Waals surface area (Å²) in [5.74, 6) is -1.74. The van der Waals surface area contributed by atoms with Gasteiger partial charge in [0, 0.05) is 25.7 Å². The third kappa shape index (κ3) is 7.76. The van der Waals surface area contributed by atoms with E-state index >= 15 is 0 Å². The van der Waals surface area contributed by atoms with Gasteiger partial charge in [0.05, 0.1) is 19.3 Å². The molecule has 2 rings (SSSR count). The fourth-order valence-corrected chi connectivity index (χ4v) is 2.42. The van der Waals surface area contributed by atoms with Crippen molar-refractivity contribution in [1.82, 2.24) is 10.2 Å². The fraction of sp³-hybridized carbons (Fsp3) is 0.588. The van der Waals surface area contributed by atoms with Crippen LogP contribution in [0, 0.1) is 11.6 Å². The monoisotopic (exact) mass is 392 g/mol. The predicted molar refractivity (Wildman–Crippen MR) is 97.9 cm³/mol. The molecule has 0 unspecified atom stereocenters. The van der Waals surface area contributed by atoms with Gasteiger partial charge in [0.2, 0.25) is 0 Å². The van der Waals surface area contributed by atoms with Crippen LogP contribution >= 0.6 is 13.5 Å². The Kier molecular flexibility index (Phi) is 10.3. The Bertz CT molecular complexity index is 560. The zero-order chi connectivity index (χ0) is 18.1. The smallest absolute Gasteiger partial charge is 0.317 e. The second-order valence-electron chi connectivity index (χ2n) is 5.87. The maximum Gasteiger partial charge on any atom is 0.317 e. The van der Waals surface area contributed by atoms with Gasteiger partial charge in [-0.25, -0.2) is 13.6 Å². The molecule has 0 radical (unpaired) electrons. The standard InChI is InChI=1S/C17H24F2N2O4.H2S/c18-15-5-4-14(11-16(15)19)25-12-13(22)3-1-2-6-20-17(23)21-7-9-24-10-8-21;/h4-5,11,13,22H,1-3,6-10,12H2,(H,20,23);1H2/t13-;/m0./s1. The molecule has 1 aromatic rings. The molecule has 26 heavy (non-hydrogen) atoms. The molecule has 1 atom stereocenters. The van der Waals surface area contributed by atoms with Gasteiger partial charge in [0.15, 0.2) is 11.6 Å². The van der Waals surface area contributed by atoms with Crippen molar-refractivity contribution in [3.05, 3.63) is 29.8 Å². The number of carbonyl (C=O) groups is 1. The number of benzene rings is 1. The van der Waals surface area contributed by atoms with Crippen molar-refractivity contribution in [2.24, 2.45) is 0 Å². The summed E-state index contributed by atoms with van der Waals surface area (Å²) in [4.78, 5) is 13.6. The minimum absolute atomic E-state index is 0. The molecule has 1 fully saturated rings. The summed E-state index contributed by atoms with van der Waals surface area (Å²) < 4.78 is 36.2. The van der Waals surface area contributed by atoms with Crippen molar-refractivity contribution in [2.45, 2.75) is 25.4 Å². The number of ether oxygens (including phenoxy) is 2. The van der Waals surface area contributed by atoms with Crippen molar-refractivity contribution in [2.75, 3.05) is 39.5 Å². The number of rotatable bonds is 8. The highest BCUT2D eigenvalue weighted by Crippen LogP contribution is 2.16. The lowest BCUT2D eigenvalue weighted by Crippen LogP contribution is -2.46. The Hall–Kier alpha value is -1.58. The lowest BCUT2D eigenvalue weighted by molar-refractivity contribution is 0.0532. The van der Waals surface area contributed by atoms with E-state index in [2.05, 4.69) is 5.32 Å². The number of morpholine rings is 1. The Labute approximate surface area is 158 Å². The highest BCUT2D eigenvalue weighted by molar-refractivity contribution is 7.59. The van der Waals surface area contributed by atoms with E-state index in [4.69, 9.17) is 9.47 Å². The van der Waals surface area contributed by atoms with Gasteiger partial charge in [-0.05, 0) is 31.4 Å². The van der Waals surface area contributed by atoms with Crippen LogP contribution in [0.1, 0.15) is 19.3 Å². The second kappa shape index (κ2) is 11.9. The lowest BCUT2D eigenvalue weighted by Gasteiger charge is -2.26. The van der Waals surface area contributed by atoms with Gasteiger partial charge in [-0.2, -0.15) is 13.5 Å². The van der Waals surface area contributed by atoms with Crippen molar-refractivity contribution >= 4 is 19.5 Å². The van der Waals surface area contributed by atoms with E-state index in [0.29, 0.717) is 45.7 Å². The molecule has 2 amide bonds. The first-order valence-corrected chi connectivity index (χ1v) is 8.42. The first-order chi connectivity index (χ1) is 12.1. The molecule has 0 spiro atoms. The molecule has 6 nitrogen and oxygen atoms in total. The van der Waals surface area contributed by atoms with Gasteiger partial charge >= 0.3 is 6.03 Å². The maximum absolute atomic E-state index is 13.0. The SMILES string of the molecule is O=C(NCCCC[C@H](O)COc1ccc(F)c(F)c1)N1CCOCC1.S. The van der Waals surface area contributed by atoms with Gasteiger partial charge in [-0.3, -0.25) is 0 Å². The van der Waals surface area contributed by atoms with Crippen LogP contribution in [0.25, 0.3) is 0 Å². The van der Waals surface area contributed by atoms with Gasteiger partial charge in [-0.1, -0.05) is 0 Å². The minimum Gasteiger partial charge on any atom is -0.491 e. The molecule has 0 saturated carbocycles. The number of hydrogen-bond acceptors (Lipinski definition) is 4. The third-order valence-corrected chi connectivity index (χ3v) is 3.87. The summed E-state index contributed by atoms with van der Waals surface area (Å²) in [5, 5.41) is 12.7. The van der Waals surface area contributed by atoms with Crippen molar-refractivity contribution < 1.29 is 28.2 Å². The average molecular weight is 392 g/mol. The number of aliphatic hydroxyl groups excluding tert-OH is 1. The molecule has 148 valence electrons. The van der Waals surface area contributed by atoms with Crippen molar-refractivity contribution in [3.63, 3.8) is 0 Å². The van der Waals surface area contributed by atoms with E-state index in [-0.39, 0.29) is 31.9 Å². The van der Waals surface area contributed by atoms with Crippen LogP contribution in [0.5, 0.6) is 5.75 Å². The molecule has 1 heterocycles. The number of nitrogens with one attached hydrogen (secondary N) is 1. The van der Waals surface area contributed by atoms with Gasteiger partial charge in [0.1, 0.15) is 12.4 Å². The molecule has 1 saturated heterocycles. The Morgan fingerprint density at radius 1 is 1.27 bits per heavy atom. The van der Waals surface area contributed by atoms with Gasteiger partial charge in [-0.15, -0.1) is 0 Å². The Balaban J connectivity index is 0.00000338. The molecule has 1 aliphatic rings. The summed E-state index contributed by atoms with van der Waals surface area (Å²) in [6, 6.07) is 3.15. The third-order valence-electron chi connectivity index (χ3n) is 3.87. The second-order valence-corrected chi connectivity index (χ2v) is 5.87. The molecular weight excluding hydrogens is 366 g/mol. The maximum atomic E-state index is 13.0.